The third-order valence-corrected chi connectivity index (χ3v) is 8.68. The molecule has 10 heteroatoms. The Morgan fingerprint density at radius 3 is 2.61 bits per heavy atom. The highest BCUT2D eigenvalue weighted by atomic mass is 35.5. The van der Waals surface area contributed by atoms with E-state index in [0.717, 1.165) is 20.9 Å². The molecule has 3 aromatic rings. The highest BCUT2D eigenvalue weighted by molar-refractivity contribution is 7.17. The fraction of sp³-hybridized carbons (Fsp3) is 0.130. The van der Waals surface area contributed by atoms with Gasteiger partial charge in [-0.2, -0.15) is 5.26 Å². The molecular weight excluding hydrogens is 517 g/mol. The van der Waals surface area contributed by atoms with Crippen molar-refractivity contribution in [1.29, 1.82) is 5.26 Å². The van der Waals surface area contributed by atoms with Crippen molar-refractivity contribution in [1.82, 2.24) is 4.90 Å². The number of nitrogens with zero attached hydrogens (tertiary/aromatic N) is 2. The second-order valence-electron chi connectivity index (χ2n) is 7.37. The normalized spacial score (nSPS) is 19.5. The average molecular weight is 532 g/mol. The summed E-state index contributed by atoms with van der Waals surface area (Å²) in [6, 6.07) is 13.3. The Labute approximate surface area is 212 Å². The topological polar surface area (TPSA) is 79.4 Å². The molecule has 0 saturated heterocycles. The number of nitriles is 1. The monoisotopic (exact) mass is 531 g/mol. The fourth-order valence-electron chi connectivity index (χ4n) is 3.96. The summed E-state index contributed by atoms with van der Waals surface area (Å²) in [6.07, 6.45) is 1.96. The number of hydrogen-bond donors (Lipinski definition) is 1. The highest BCUT2D eigenvalue weighted by Crippen LogP contribution is 2.46. The Bertz CT molecular complexity index is 1380. The molecule has 3 aromatic heterocycles. The first-order valence-electron chi connectivity index (χ1n) is 9.79. The first-order chi connectivity index (χ1) is 15.9. The fourth-order valence-corrected chi connectivity index (χ4v) is 6.88. The zero-order valence-electron chi connectivity index (χ0n) is 16.9. The maximum Gasteiger partial charge on any atom is 0.264 e. The van der Waals surface area contributed by atoms with Gasteiger partial charge in [0.05, 0.1) is 26.0 Å². The molecular formula is C23H15Cl2N3O2S3. The minimum atomic E-state index is -0.439. The van der Waals surface area contributed by atoms with Gasteiger partial charge >= 0.3 is 0 Å². The second-order valence-corrected chi connectivity index (χ2v) is 11.8. The Hall–Kier alpha value is -2.54. The summed E-state index contributed by atoms with van der Waals surface area (Å²) in [7, 11) is 0. The largest absolute Gasteiger partial charge is 0.440 e. The van der Waals surface area contributed by atoms with Crippen molar-refractivity contribution in [3.8, 4) is 6.07 Å². The van der Waals surface area contributed by atoms with E-state index in [0.29, 0.717) is 38.0 Å². The molecule has 0 saturated carbocycles. The molecule has 2 N–H and O–H groups in total. The van der Waals surface area contributed by atoms with Gasteiger partial charge in [-0.25, -0.2) is 0 Å². The lowest BCUT2D eigenvalue weighted by molar-refractivity contribution is 0.0772. The van der Waals surface area contributed by atoms with E-state index in [-0.39, 0.29) is 11.8 Å². The molecule has 1 amide bonds. The summed E-state index contributed by atoms with van der Waals surface area (Å²) in [6.45, 7) is 0.658. The Morgan fingerprint density at radius 2 is 1.97 bits per heavy atom. The van der Waals surface area contributed by atoms with Crippen molar-refractivity contribution in [2.45, 2.75) is 5.92 Å². The molecule has 5 heterocycles. The number of rotatable bonds is 3. The molecule has 0 aromatic carbocycles. The number of hydrogen-bond acceptors (Lipinski definition) is 7. The molecule has 2 aliphatic heterocycles. The zero-order valence-corrected chi connectivity index (χ0v) is 20.8. The van der Waals surface area contributed by atoms with Crippen LogP contribution in [0.2, 0.25) is 8.67 Å². The van der Waals surface area contributed by atoms with E-state index in [2.05, 4.69) is 6.07 Å². The van der Waals surface area contributed by atoms with Gasteiger partial charge in [-0.15, -0.1) is 34.0 Å². The van der Waals surface area contributed by atoms with Gasteiger partial charge in [-0.05, 0) is 41.8 Å². The molecule has 5 rings (SSSR count). The smallest absolute Gasteiger partial charge is 0.264 e. The Kier molecular flexibility index (Phi) is 6.08. The SMILES string of the molecule is N#CC1=C(N)OC2=C(CN(C(=O)c3cccs3)C/C2=C\c2ccc(Cl)s2)C1c1ccc(Cl)s1. The highest BCUT2D eigenvalue weighted by Gasteiger charge is 2.39. The van der Waals surface area contributed by atoms with E-state index in [1.807, 2.05) is 41.8 Å². The zero-order chi connectivity index (χ0) is 23.1. The van der Waals surface area contributed by atoms with Crippen LogP contribution in [-0.4, -0.2) is 23.9 Å². The number of halogens is 2. The van der Waals surface area contributed by atoms with Gasteiger partial charge in [0.15, 0.2) is 0 Å². The van der Waals surface area contributed by atoms with Crippen LogP contribution in [0.5, 0.6) is 0 Å². The van der Waals surface area contributed by atoms with Gasteiger partial charge in [0.1, 0.15) is 17.4 Å². The third kappa shape index (κ3) is 4.23. The first kappa shape index (κ1) is 22.3. The minimum Gasteiger partial charge on any atom is -0.440 e. The second kappa shape index (κ2) is 9.01. The van der Waals surface area contributed by atoms with Crippen molar-refractivity contribution in [3.63, 3.8) is 0 Å². The van der Waals surface area contributed by atoms with Crippen LogP contribution in [-0.2, 0) is 4.74 Å². The minimum absolute atomic E-state index is 0.0684. The predicted molar refractivity (Wildman–Crippen MR) is 135 cm³/mol. The van der Waals surface area contributed by atoms with E-state index >= 15 is 0 Å². The van der Waals surface area contributed by atoms with Crippen LogP contribution in [0.3, 0.4) is 0 Å². The molecule has 0 bridgehead atoms. The summed E-state index contributed by atoms with van der Waals surface area (Å²) < 4.78 is 7.30. The number of thiophene rings is 3. The van der Waals surface area contributed by atoms with Gasteiger partial charge in [0.2, 0.25) is 5.88 Å². The molecule has 166 valence electrons. The Morgan fingerprint density at radius 1 is 1.18 bits per heavy atom. The maximum absolute atomic E-state index is 13.3. The molecule has 1 unspecified atom stereocenters. The quantitative estimate of drug-likeness (QED) is 0.419. The van der Waals surface area contributed by atoms with Crippen LogP contribution in [0.1, 0.15) is 25.3 Å². The van der Waals surface area contributed by atoms with Crippen LogP contribution >= 0.6 is 57.2 Å². The number of allylic oxidation sites excluding steroid dienone is 1. The molecule has 0 radical (unpaired) electrons. The van der Waals surface area contributed by atoms with Crippen LogP contribution in [0.4, 0.5) is 0 Å². The van der Waals surface area contributed by atoms with Gasteiger partial charge in [-0.1, -0.05) is 29.3 Å². The van der Waals surface area contributed by atoms with Crippen molar-refractivity contribution >= 4 is 69.2 Å². The summed E-state index contributed by atoms with van der Waals surface area (Å²) in [4.78, 5) is 17.5. The number of ether oxygens (including phenoxy) is 1. The van der Waals surface area contributed by atoms with E-state index < -0.39 is 5.92 Å². The van der Waals surface area contributed by atoms with Gasteiger partial charge < -0.3 is 15.4 Å². The van der Waals surface area contributed by atoms with Crippen LogP contribution in [0.15, 0.2) is 70.1 Å². The number of carbonyl (C=O) groups is 1. The summed E-state index contributed by atoms with van der Waals surface area (Å²) in [5.74, 6) is 0.154. The number of amides is 1. The lowest BCUT2D eigenvalue weighted by Crippen LogP contribution is -2.41. The van der Waals surface area contributed by atoms with E-state index in [1.165, 1.54) is 34.0 Å². The summed E-state index contributed by atoms with van der Waals surface area (Å²) >= 11 is 16.6. The first-order valence-corrected chi connectivity index (χ1v) is 13.1. The molecule has 0 aliphatic carbocycles. The lowest BCUT2D eigenvalue weighted by atomic mass is 9.83. The molecule has 0 fully saturated rings. The number of nitrogens with two attached hydrogens (primary N) is 1. The number of carbonyl (C=O) groups excluding carboxylic acids is 1. The van der Waals surface area contributed by atoms with Crippen LogP contribution in [0.25, 0.3) is 6.08 Å². The maximum atomic E-state index is 13.3. The van der Waals surface area contributed by atoms with Gasteiger partial charge in [-0.3, -0.25) is 4.79 Å². The Balaban J connectivity index is 1.66. The average Bonchev–Trinajstić information content (AvgIpc) is 3.55. The summed E-state index contributed by atoms with van der Waals surface area (Å²) in [5.41, 5.74) is 8.13. The van der Waals surface area contributed by atoms with Crippen LogP contribution < -0.4 is 5.73 Å². The molecule has 0 spiro atoms. The van der Waals surface area contributed by atoms with E-state index in [4.69, 9.17) is 33.7 Å². The molecule has 2 aliphatic rings. The van der Waals surface area contributed by atoms with Crippen molar-refractivity contribution < 1.29 is 9.53 Å². The predicted octanol–water partition coefficient (Wildman–Crippen LogP) is 6.48. The molecule has 33 heavy (non-hydrogen) atoms. The van der Waals surface area contributed by atoms with Gasteiger partial charge in [0.25, 0.3) is 5.91 Å². The third-order valence-electron chi connectivity index (χ3n) is 5.35. The van der Waals surface area contributed by atoms with Crippen molar-refractivity contribution in [3.05, 3.63) is 93.4 Å². The molecule has 1 atom stereocenters. The standard InChI is InChI=1S/C23H15Cl2N3O2S3/c24-18-5-3-13(32-18)8-12-10-28(23(29)17-2-1-7-31-17)11-15-20(16-4-6-19(25)33-16)14(9-26)22(27)30-21(12)15/h1-8,20H,10-11,27H2/b12-8+. The van der Waals surface area contributed by atoms with Crippen molar-refractivity contribution in [2.24, 2.45) is 5.73 Å². The van der Waals surface area contributed by atoms with Crippen LogP contribution in [0, 0.1) is 11.3 Å². The van der Waals surface area contributed by atoms with E-state index in [1.54, 1.807) is 11.0 Å². The van der Waals surface area contributed by atoms with Crippen molar-refractivity contribution in [2.75, 3.05) is 13.1 Å². The lowest BCUT2D eigenvalue weighted by Gasteiger charge is -2.37. The summed E-state index contributed by atoms with van der Waals surface area (Å²) in [5, 5.41) is 11.8. The molecule has 5 nitrogen and oxygen atoms in total. The van der Waals surface area contributed by atoms with E-state index in [9.17, 15) is 10.1 Å². The van der Waals surface area contributed by atoms with Gasteiger partial charge in [0, 0.05) is 27.4 Å².